The molecule has 0 saturated heterocycles. The van der Waals surface area contributed by atoms with Crippen LogP contribution in [-0.4, -0.2) is 6.04 Å². The van der Waals surface area contributed by atoms with Gasteiger partial charge in [0, 0.05) is 6.04 Å². The predicted octanol–water partition coefficient (Wildman–Crippen LogP) is 2.96. The fourth-order valence-corrected chi connectivity index (χ4v) is 2.03. The van der Waals surface area contributed by atoms with Crippen LogP contribution in [0.4, 0.5) is 4.39 Å². The summed E-state index contributed by atoms with van der Waals surface area (Å²) in [6.07, 6.45) is 3.64. The van der Waals surface area contributed by atoms with Crippen molar-refractivity contribution in [3.63, 3.8) is 0 Å². The summed E-state index contributed by atoms with van der Waals surface area (Å²) in [6, 6.07) is 3.92. The molecule has 0 radical (unpaired) electrons. The van der Waals surface area contributed by atoms with Crippen molar-refractivity contribution >= 4 is 12.6 Å². The van der Waals surface area contributed by atoms with Crippen molar-refractivity contribution in [2.24, 2.45) is 5.73 Å². The predicted molar refractivity (Wildman–Crippen MR) is 68.0 cm³/mol. The minimum atomic E-state index is -0.228. The molecule has 0 aromatic heterocycles. The number of benzene rings is 1. The molecule has 0 unspecified atom stereocenters. The van der Waals surface area contributed by atoms with Crippen LogP contribution in [0.15, 0.2) is 17.0 Å². The van der Waals surface area contributed by atoms with Crippen molar-refractivity contribution in [1.29, 1.82) is 0 Å². The summed E-state index contributed by atoms with van der Waals surface area (Å²) in [7, 11) is 0. The number of nitrogens with two attached hydrogens (primary N) is 1. The van der Waals surface area contributed by atoms with Gasteiger partial charge in [-0.2, -0.15) is 0 Å². The van der Waals surface area contributed by atoms with Crippen LogP contribution in [0, 0.1) is 5.82 Å². The normalized spacial score (nSPS) is 12.8. The second kappa shape index (κ2) is 6.16. The SMILES string of the molecule is CCc1cc(CCC[C@H](C)N)cc([S-])c1F. The number of aryl methyl sites for hydroxylation is 2. The van der Waals surface area contributed by atoms with E-state index in [2.05, 4.69) is 0 Å². The Morgan fingerprint density at radius 1 is 1.44 bits per heavy atom. The summed E-state index contributed by atoms with van der Waals surface area (Å²) >= 11 is 5.00. The highest BCUT2D eigenvalue weighted by Crippen LogP contribution is 2.18. The standard InChI is InChI=1S/C13H20FNS/c1-3-11-7-10(6-4-5-9(2)15)8-12(16)13(11)14/h7-9,16H,3-6,15H2,1-2H3/p-1/t9-/m0/s1. The van der Waals surface area contributed by atoms with Crippen molar-refractivity contribution in [1.82, 2.24) is 0 Å². The lowest BCUT2D eigenvalue weighted by molar-refractivity contribution is 0.582. The van der Waals surface area contributed by atoms with E-state index in [1.807, 2.05) is 19.9 Å². The second-order valence-corrected chi connectivity index (χ2v) is 4.73. The molecule has 16 heavy (non-hydrogen) atoms. The maximum atomic E-state index is 13.5. The molecule has 1 rings (SSSR count). The average molecular weight is 240 g/mol. The molecule has 0 aliphatic heterocycles. The number of halogens is 1. The summed E-state index contributed by atoms with van der Waals surface area (Å²) in [5.74, 6) is -0.228. The van der Waals surface area contributed by atoms with Crippen LogP contribution in [-0.2, 0) is 25.5 Å². The van der Waals surface area contributed by atoms with E-state index >= 15 is 0 Å². The maximum Gasteiger partial charge on any atom is 0.107 e. The minimum absolute atomic E-state index is 0.228. The smallest absolute Gasteiger partial charge is 0.107 e. The van der Waals surface area contributed by atoms with Gasteiger partial charge in [-0.05, 0) is 43.7 Å². The maximum absolute atomic E-state index is 13.5. The Bertz CT molecular complexity index is 350. The first-order valence-corrected chi connectivity index (χ1v) is 6.19. The Hall–Kier alpha value is -0.670. The highest BCUT2D eigenvalue weighted by atomic mass is 32.1. The molecule has 0 aliphatic rings. The van der Waals surface area contributed by atoms with Gasteiger partial charge < -0.3 is 18.4 Å². The molecule has 90 valence electrons. The van der Waals surface area contributed by atoms with Gasteiger partial charge in [-0.3, -0.25) is 0 Å². The van der Waals surface area contributed by atoms with Crippen molar-refractivity contribution in [2.45, 2.75) is 50.5 Å². The average Bonchev–Trinajstić information content (AvgIpc) is 2.22. The van der Waals surface area contributed by atoms with Crippen LogP contribution < -0.4 is 5.73 Å². The molecular weight excluding hydrogens is 221 g/mol. The Morgan fingerprint density at radius 3 is 2.69 bits per heavy atom. The van der Waals surface area contributed by atoms with E-state index in [4.69, 9.17) is 18.4 Å². The first-order valence-electron chi connectivity index (χ1n) is 5.78. The van der Waals surface area contributed by atoms with Gasteiger partial charge in [0.05, 0.1) is 0 Å². The molecule has 1 aromatic carbocycles. The summed E-state index contributed by atoms with van der Waals surface area (Å²) < 4.78 is 13.5. The van der Waals surface area contributed by atoms with Gasteiger partial charge in [0.2, 0.25) is 0 Å². The zero-order chi connectivity index (χ0) is 12.1. The molecule has 0 aliphatic carbocycles. The zero-order valence-electron chi connectivity index (χ0n) is 9.92. The Kier molecular flexibility index (Phi) is 5.16. The highest BCUT2D eigenvalue weighted by Gasteiger charge is 2.03. The van der Waals surface area contributed by atoms with Gasteiger partial charge >= 0.3 is 0 Å². The molecule has 0 saturated carbocycles. The topological polar surface area (TPSA) is 26.0 Å². The van der Waals surface area contributed by atoms with Gasteiger partial charge in [0.25, 0.3) is 0 Å². The first kappa shape index (κ1) is 13.4. The van der Waals surface area contributed by atoms with Crippen LogP contribution in [0.5, 0.6) is 0 Å². The quantitative estimate of drug-likeness (QED) is 0.801. The minimum Gasteiger partial charge on any atom is -0.777 e. The van der Waals surface area contributed by atoms with Crippen LogP contribution in [0.2, 0.25) is 0 Å². The fourth-order valence-electron chi connectivity index (χ4n) is 1.75. The largest absolute Gasteiger partial charge is 0.777 e. The van der Waals surface area contributed by atoms with Gasteiger partial charge in [-0.15, -0.1) is 4.90 Å². The van der Waals surface area contributed by atoms with E-state index < -0.39 is 0 Å². The van der Waals surface area contributed by atoms with E-state index in [1.165, 1.54) is 0 Å². The molecular formula is C13H19FNS-. The van der Waals surface area contributed by atoms with Crippen molar-refractivity contribution in [3.8, 4) is 0 Å². The number of rotatable bonds is 5. The highest BCUT2D eigenvalue weighted by molar-refractivity contribution is 7.58. The Labute approximate surface area is 103 Å². The molecule has 3 heteroatoms. The molecule has 0 bridgehead atoms. The molecule has 0 spiro atoms. The molecule has 0 heterocycles. The lowest BCUT2D eigenvalue weighted by Gasteiger charge is -2.14. The number of hydrogen-bond acceptors (Lipinski definition) is 2. The van der Waals surface area contributed by atoms with Crippen LogP contribution in [0.25, 0.3) is 0 Å². The summed E-state index contributed by atoms with van der Waals surface area (Å²) in [5.41, 5.74) is 7.54. The van der Waals surface area contributed by atoms with Crippen LogP contribution in [0.1, 0.15) is 37.8 Å². The fraction of sp³-hybridized carbons (Fsp3) is 0.538. The first-order chi connectivity index (χ1) is 7.54. The van der Waals surface area contributed by atoms with Crippen molar-refractivity contribution in [3.05, 3.63) is 29.1 Å². The number of hydrogen-bond donors (Lipinski definition) is 1. The van der Waals surface area contributed by atoms with Crippen LogP contribution in [0.3, 0.4) is 0 Å². The molecule has 0 amide bonds. The van der Waals surface area contributed by atoms with E-state index in [1.54, 1.807) is 6.07 Å². The third-order valence-corrected chi connectivity index (χ3v) is 2.98. The molecule has 2 N–H and O–H groups in total. The lowest BCUT2D eigenvalue weighted by Crippen LogP contribution is -2.14. The van der Waals surface area contributed by atoms with Gasteiger partial charge in [0.15, 0.2) is 0 Å². The third kappa shape index (κ3) is 3.72. The summed E-state index contributed by atoms with van der Waals surface area (Å²) in [5, 5.41) is 0. The Balaban J connectivity index is 2.70. The lowest BCUT2D eigenvalue weighted by atomic mass is 10.0. The zero-order valence-corrected chi connectivity index (χ0v) is 10.7. The van der Waals surface area contributed by atoms with E-state index in [0.717, 1.165) is 30.4 Å². The third-order valence-electron chi connectivity index (χ3n) is 2.68. The van der Waals surface area contributed by atoms with Crippen molar-refractivity contribution in [2.75, 3.05) is 0 Å². The van der Waals surface area contributed by atoms with E-state index in [9.17, 15) is 4.39 Å². The summed E-state index contributed by atoms with van der Waals surface area (Å²) in [4.78, 5) is 0.343. The van der Waals surface area contributed by atoms with Gasteiger partial charge in [-0.1, -0.05) is 19.1 Å². The molecule has 1 atom stereocenters. The van der Waals surface area contributed by atoms with Crippen LogP contribution >= 0.6 is 0 Å². The molecule has 1 aromatic rings. The van der Waals surface area contributed by atoms with Crippen molar-refractivity contribution < 1.29 is 4.39 Å². The van der Waals surface area contributed by atoms with E-state index in [-0.39, 0.29) is 11.9 Å². The Morgan fingerprint density at radius 2 is 2.12 bits per heavy atom. The second-order valence-electron chi connectivity index (χ2n) is 4.29. The van der Waals surface area contributed by atoms with Gasteiger partial charge in [0.1, 0.15) is 5.82 Å². The van der Waals surface area contributed by atoms with E-state index in [0.29, 0.717) is 11.3 Å². The molecule has 1 nitrogen and oxygen atoms in total. The molecule has 0 fully saturated rings. The summed E-state index contributed by atoms with van der Waals surface area (Å²) in [6.45, 7) is 3.94. The monoisotopic (exact) mass is 240 g/mol. The van der Waals surface area contributed by atoms with Gasteiger partial charge in [-0.25, -0.2) is 4.39 Å².